The maximum absolute atomic E-state index is 12.2. The first kappa shape index (κ1) is 14.4. The Morgan fingerprint density at radius 2 is 2.15 bits per heavy atom. The lowest BCUT2D eigenvalue weighted by Gasteiger charge is -2.25. The quantitative estimate of drug-likeness (QED) is 0.664. The first-order valence-electron chi connectivity index (χ1n) is 6.18. The van der Waals surface area contributed by atoms with E-state index in [9.17, 15) is 4.79 Å². The van der Waals surface area contributed by atoms with Gasteiger partial charge in [-0.1, -0.05) is 42.1 Å². The van der Waals surface area contributed by atoms with E-state index in [1.54, 1.807) is 11.9 Å². The van der Waals surface area contributed by atoms with Crippen molar-refractivity contribution in [2.45, 2.75) is 18.1 Å². The van der Waals surface area contributed by atoms with Crippen molar-refractivity contribution in [2.24, 2.45) is 0 Å². The van der Waals surface area contributed by atoms with Crippen molar-refractivity contribution in [3.63, 3.8) is 0 Å². The number of rotatable bonds is 5. The average molecular weight is 291 g/mol. The molecule has 1 heterocycles. The van der Waals surface area contributed by atoms with Crippen LogP contribution in [0.3, 0.4) is 0 Å². The molecule has 7 heteroatoms. The van der Waals surface area contributed by atoms with Crippen LogP contribution in [0.15, 0.2) is 41.8 Å². The van der Waals surface area contributed by atoms with Crippen LogP contribution < -0.4 is 5.84 Å². The molecule has 0 aliphatic rings. The summed E-state index contributed by atoms with van der Waals surface area (Å²) in [6.45, 7) is 2.00. The average Bonchev–Trinajstić information content (AvgIpc) is 2.89. The summed E-state index contributed by atoms with van der Waals surface area (Å²) in [4.78, 5) is 13.9. The lowest BCUT2D eigenvalue weighted by Crippen LogP contribution is -2.31. The molecule has 2 rings (SSSR count). The first-order chi connectivity index (χ1) is 9.59. The zero-order chi connectivity index (χ0) is 14.5. The van der Waals surface area contributed by atoms with Crippen LogP contribution in [0.25, 0.3) is 0 Å². The van der Waals surface area contributed by atoms with Crippen molar-refractivity contribution in [3.05, 3.63) is 42.2 Å². The molecule has 1 aromatic heterocycles. The minimum atomic E-state index is 0.0225. The smallest absolute Gasteiger partial charge is 0.233 e. The minimum absolute atomic E-state index is 0.0225. The highest BCUT2D eigenvalue weighted by molar-refractivity contribution is 7.99. The van der Waals surface area contributed by atoms with E-state index in [1.165, 1.54) is 22.8 Å². The first-order valence-corrected chi connectivity index (χ1v) is 7.16. The van der Waals surface area contributed by atoms with Gasteiger partial charge in [0.2, 0.25) is 11.1 Å². The third kappa shape index (κ3) is 3.30. The summed E-state index contributed by atoms with van der Waals surface area (Å²) in [5.74, 6) is 5.90. The number of hydrogen-bond donors (Lipinski definition) is 1. The van der Waals surface area contributed by atoms with Crippen molar-refractivity contribution in [1.29, 1.82) is 0 Å². The molecule has 0 fully saturated rings. The van der Waals surface area contributed by atoms with E-state index >= 15 is 0 Å². The number of carbonyl (C=O) groups excluding carboxylic acids is 1. The van der Waals surface area contributed by atoms with Gasteiger partial charge >= 0.3 is 0 Å². The standard InChI is InChI=1S/C13H17N5OS/c1-10(11-6-4-3-5-7-11)17(2)12(19)8-20-13-16-15-9-18(13)14/h3-7,9-10H,8,14H2,1-2H3/t10-/m1/s1. The molecule has 0 aliphatic heterocycles. The number of thioether (sulfide) groups is 1. The van der Waals surface area contributed by atoms with Gasteiger partial charge in [0, 0.05) is 7.05 Å². The number of nitrogens with zero attached hydrogens (tertiary/aromatic N) is 4. The van der Waals surface area contributed by atoms with E-state index in [0.717, 1.165) is 5.56 Å². The number of aromatic nitrogens is 3. The van der Waals surface area contributed by atoms with Crippen molar-refractivity contribution in [1.82, 2.24) is 19.8 Å². The van der Waals surface area contributed by atoms with Crippen LogP contribution in [0.5, 0.6) is 0 Å². The van der Waals surface area contributed by atoms with Crippen LogP contribution in [0.1, 0.15) is 18.5 Å². The second kappa shape index (κ2) is 6.42. The molecule has 2 N–H and O–H groups in total. The fraction of sp³-hybridized carbons (Fsp3) is 0.308. The number of carbonyl (C=O) groups is 1. The van der Waals surface area contributed by atoms with Crippen LogP contribution in [0.4, 0.5) is 0 Å². The van der Waals surface area contributed by atoms with Gasteiger partial charge in [0.25, 0.3) is 0 Å². The molecule has 0 unspecified atom stereocenters. The molecule has 0 bridgehead atoms. The molecule has 0 aliphatic carbocycles. The highest BCUT2D eigenvalue weighted by Gasteiger charge is 2.18. The van der Waals surface area contributed by atoms with Crippen molar-refractivity contribution < 1.29 is 4.79 Å². The highest BCUT2D eigenvalue weighted by Crippen LogP contribution is 2.20. The van der Waals surface area contributed by atoms with Crippen LogP contribution in [0, 0.1) is 0 Å². The molecule has 1 amide bonds. The van der Waals surface area contributed by atoms with E-state index < -0.39 is 0 Å². The number of amides is 1. The van der Waals surface area contributed by atoms with Crippen molar-refractivity contribution in [2.75, 3.05) is 18.6 Å². The second-order valence-corrected chi connectivity index (χ2v) is 5.34. The Bertz CT molecular complexity index is 571. The SMILES string of the molecule is C[C@H](c1ccccc1)N(C)C(=O)CSc1nncn1N. The highest BCUT2D eigenvalue weighted by atomic mass is 32.2. The predicted molar refractivity (Wildman–Crippen MR) is 78.5 cm³/mol. The Balaban J connectivity index is 1.93. The van der Waals surface area contributed by atoms with Crippen LogP contribution in [-0.4, -0.2) is 38.5 Å². The van der Waals surface area contributed by atoms with Crippen molar-refractivity contribution in [3.8, 4) is 0 Å². The summed E-state index contributed by atoms with van der Waals surface area (Å²) in [5.41, 5.74) is 1.11. The molecule has 106 valence electrons. The molecule has 1 atom stereocenters. The Morgan fingerprint density at radius 3 is 2.75 bits per heavy atom. The van der Waals surface area contributed by atoms with E-state index in [0.29, 0.717) is 5.16 Å². The molecule has 0 saturated carbocycles. The van der Waals surface area contributed by atoms with E-state index in [1.807, 2.05) is 37.3 Å². The molecule has 0 spiro atoms. The zero-order valence-electron chi connectivity index (χ0n) is 11.4. The van der Waals surface area contributed by atoms with Gasteiger partial charge in [-0.25, -0.2) is 4.68 Å². The van der Waals surface area contributed by atoms with Gasteiger partial charge in [-0.2, -0.15) is 0 Å². The number of benzene rings is 1. The normalized spacial score (nSPS) is 12.1. The summed E-state index contributed by atoms with van der Waals surface area (Å²) in [6.07, 6.45) is 1.41. The lowest BCUT2D eigenvalue weighted by molar-refractivity contribution is -0.128. The maximum atomic E-state index is 12.2. The minimum Gasteiger partial charge on any atom is -0.338 e. The van der Waals surface area contributed by atoms with E-state index in [-0.39, 0.29) is 17.7 Å². The fourth-order valence-electron chi connectivity index (χ4n) is 1.73. The molecule has 20 heavy (non-hydrogen) atoms. The van der Waals surface area contributed by atoms with Gasteiger partial charge in [-0.05, 0) is 12.5 Å². The molecular weight excluding hydrogens is 274 g/mol. The predicted octanol–water partition coefficient (Wildman–Crippen LogP) is 1.30. The molecule has 0 radical (unpaired) electrons. The third-order valence-electron chi connectivity index (χ3n) is 3.12. The Labute approximate surface area is 121 Å². The van der Waals surface area contributed by atoms with Gasteiger partial charge in [0.05, 0.1) is 11.8 Å². The summed E-state index contributed by atoms with van der Waals surface area (Å²) in [6, 6.07) is 9.95. The van der Waals surface area contributed by atoms with Gasteiger partial charge in [0.15, 0.2) is 0 Å². The zero-order valence-corrected chi connectivity index (χ0v) is 12.2. The topological polar surface area (TPSA) is 77.0 Å². The summed E-state index contributed by atoms with van der Waals surface area (Å²) in [7, 11) is 1.80. The Morgan fingerprint density at radius 1 is 1.45 bits per heavy atom. The van der Waals surface area contributed by atoms with Gasteiger partial charge in [-0.15, -0.1) is 10.2 Å². The molecule has 0 saturated heterocycles. The van der Waals surface area contributed by atoms with Crippen molar-refractivity contribution >= 4 is 17.7 Å². The van der Waals surface area contributed by atoms with Gasteiger partial charge < -0.3 is 10.7 Å². The lowest BCUT2D eigenvalue weighted by atomic mass is 10.1. The van der Waals surface area contributed by atoms with Gasteiger partial charge in [-0.3, -0.25) is 4.79 Å². The summed E-state index contributed by atoms with van der Waals surface area (Å²) in [5, 5.41) is 8.03. The fourth-order valence-corrected chi connectivity index (χ4v) is 2.49. The van der Waals surface area contributed by atoms with E-state index in [2.05, 4.69) is 10.2 Å². The van der Waals surface area contributed by atoms with Crippen LogP contribution in [-0.2, 0) is 4.79 Å². The van der Waals surface area contributed by atoms with E-state index in [4.69, 9.17) is 5.84 Å². The number of nitrogens with two attached hydrogens (primary N) is 1. The molecule has 2 aromatic rings. The Hall–Kier alpha value is -2.02. The molecule has 1 aromatic carbocycles. The maximum Gasteiger partial charge on any atom is 0.233 e. The van der Waals surface area contributed by atoms with Crippen LogP contribution in [0.2, 0.25) is 0 Å². The summed E-state index contributed by atoms with van der Waals surface area (Å²) >= 11 is 1.28. The molecule has 6 nitrogen and oxygen atoms in total. The third-order valence-corrected chi connectivity index (χ3v) is 4.06. The van der Waals surface area contributed by atoms with Crippen LogP contribution >= 0.6 is 11.8 Å². The number of hydrogen-bond acceptors (Lipinski definition) is 5. The summed E-state index contributed by atoms with van der Waals surface area (Å²) < 4.78 is 1.30. The second-order valence-electron chi connectivity index (χ2n) is 4.40. The largest absolute Gasteiger partial charge is 0.338 e. The number of nitrogen functional groups attached to an aromatic ring is 1. The molecular formula is C13H17N5OS. The van der Waals surface area contributed by atoms with Gasteiger partial charge in [0.1, 0.15) is 6.33 Å². The Kier molecular flexibility index (Phi) is 4.62. The monoisotopic (exact) mass is 291 g/mol.